The average molecular weight is 363 g/mol. The molecule has 0 spiro atoms. The second-order valence-electron chi connectivity index (χ2n) is 4.37. The topological polar surface area (TPSA) is 12.0 Å². The normalized spacial score (nSPS) is 15.3. The third-order valence-corrected chi connectivity index (χ3v) is 2.88. The zero-order valence-corrected chi connectivity index (χ0v) is 10.0. The van der Waals surface area contributed by atoms with Gasteiger partial charge in [-0.2, -0.15) is 52.7 Å². The minimum Gasteiger partial charge on any atom is -0.353 e. The highest BCUT2D eigenvalue weighted by Crippen LogP contribution is 2.62. The molecule has 13 heteroatoms. The van der Waals surface area contributed by atoms with Crippen LogP contribution in [0.1, 0.15) is 22.3 Å². The molecule has 3 rings (SSSR count). The van der Waals surface area contributed by atoms with Crippen LogP contribution < -0.4 is 5.32 Å². The summed E-state index contributed by atoms with van der Waals surface area (Å²) in [6.45, 7) is 0. The van der Waals surface area contributed by atoms with Crippen LogP contribution in [0.3, 0.4) is 0 Å². The van der Waals surface area contributed by atoms with Gasteiger partial charge in [0, 0.05) is 0 Å². The van der Waals surface area contributed by atoms with Crippen LogP contribution in [0.15, 0.2) is 0 Å². The number of anilines is 2. The summed E-state index contributed by atoms with van der Waals surface area (Å²) >= 11 is 0. The van der Waals surface area contributed by atoms with Gasteiger partial charge in [-0.3, -0.25) is 0 Å². The van der Waals surface area contributed by atoms with E-state index in [4.69, 9.17) is 0 Å². The van der Waals surface area contributed by atoms with Gasteiger partial charge >= 0.3 is 24.7 Å². The fourth-order valence-electron chi connectivity index (χ4n) is 2.20. The Morgan fingerprint density at radius 3 is 0.870 bits per heavy atom. The highest BCUT2D eigenvalue weighted by Gasteiger charge is 2.59. The van der Waals surface area contributed by atoms with Crippen molar-refractivity contribution in [1.82, 2.24) is 0 Å². The Bertz CT molecular complexity index is 616. The molecule has 0 saturated heterocycles. The van der Waals surface area contributed by atoms with E-state index in [1.165, 1.54) is 0 Å². The van der Waals surface area contributed by atoms with Crippen LogP contribution in [0.4, 0.5) is 64.1 Å². The molecule has 1 N–H and O–H groups in total. The van der Waals surface area contributed by atoms with E-state index in [0.29, 0.717) is 0 Å². The van der Waals surface area contributed by atoms with Crippen LogP contribution in [0.2, 0.25) is 0 Å². The largest absolute Gasteiger partial charge is 0.420 e. The number of hydrogen-bond acceptors (Lipinski definition) is 1. The van der Waals surface area contributed by atoms with Crippen molar-refractivity contribution in [3.8, 4) is 0 Å². The van der Waals surface area contributed by atoms with E-state index < -0.39 is 58.3 Å². The second-order valence-corrected chi connectivity index (χ2v) is 4.37. The van der Waals surface area contributed by atoms with Gasteiger partial charge in [-0.25, -0.2) is 0 Å². The summed E-state index contributed by atoms with van der Waals surface area (Å²) < 4.78 is 152. The Hall–Kier alpha value is -1.82. The van der Waals surface area contributed by atoms with Crippen molar-refractivity contribution in [2.75, 3.05) is 5.32 Å². The minimum atomic E-state index is -6.16. The van der Waals surface area contributed by atoms with E-state index in [9.17, 15) is 52.7 Å². The Labute approximate surface area is 117 Å². The van der Waals surface area contributed by atoms with Crippen molar-refractivity contribution in [2.24, 2.45) is 0 Å². The highest BCUT2D eigenvalue weighted by molar-refractivity contribution is 5.91. The Balaban J connectivity index is 3.03. The van der Waals surface area contributed by atoms with Gasteiger partial charge in [0.15, 0.2) is 0 Å². The molecule has 0 atom stereocenters. The lowest BCUT2D eigenvalue weighted by Gasteiger charge is -2.36. The number of benzene rings is 1. The molecule has 1 aromatic rings. The molecule has 0 amide bonds. The summed E-state index contributed by atoms with van der Waals surface area (Å²) in [5, 5.41) is 1.09. The number of hydrogen-bond donors (Lipinski definition) is 1. The van der Waals surface area contributed by atoms with Crippen molar-refractivity contribution < 1.29 is 52.7 Å². The summed E-state index contributed by atoms with van der Waals surface area (Å²) in [4.78, 5) is 0. The first kappa shape index (κ1) is 17.5. The van der Waals surface area contributed by atoms with Gasteiger partial charge in [0.05, 0.1) is 28.1 Å². The number of rotatable bonds is 0. The summed E-state index contributed by atoms with van der Waals surface area (Å²) in [5.41, 5.74) is -15.8. The van der Waals surface area contributed by atoms with Gasteiger partial charge in [-0.1, -0.05) is 0 Å². The van der Waals surface area contributed by atoms with Crippen LogP contribution >= 0.6 is 0 Å². The van der Waals surface area contributed by atoms with Gasteiger partial charge in [-0.15, -0.1) is 0 Å². The molecule has 1 aromatic carbocycles. The quantitative estimate of drug-likeness (QED) is 0.582. The zero-order valence-electron chi connectivity index (χ0n) is 10.0. The molecule has 0 aliphatic carbocycles. The lowest BCUT2D eigenvalue weighted by atomic mass is 9.85. The molecule has 0 radical (unpaired) electrons. The number of halogens is 12. The molecule has 1 nitrogen and oxygen atoms in total. The Morgan fingerprint density at radius 2 is 0.652 bits per heavy atom. The summed E-state index contributed by atoms with van der Waals surface area (Å²) in [6.07, 6.45) is -24.0. The molecule has 2 aliphatic rings. The SMILES string of the molecule is FC(F)(F)c1c2c(C(F)(F)F)c(C(F)(F)F)c(C(F)(F)F)c1N2. The fraction of sp³-hybridized carbons (Fsp3) is 0.400. The maximum atomic E-state index is 12.7. The van der Waals surface area contributed by atoms with Crippen LogP contribution in [0.5, 0.6) is 0 Å². The van der Waals surface area contributed by atoms with E-state index in [0.717, 1.165) is 5.32 Å². The molecule has 0 unspecified atom stereocenters. The molecule has 23 heavy (non-hydrogen) atoms. The fourth-order valence-corrected chi connectivity index (χ4v) is 2.20. The van der Waals surface area contributed by atoms with Gasteiger partial charge in [0.25, 0.3) is 0 Å². The number of alkyl halides is 12. The van der Waals surface area contributed by atoms with Gasteiger partial charge in [0.1, 0.15) is 5.56 Å². The molecule has 2 heterocycles. The van der Waals surface area contributed by atoms with Crippen LogP contribution in [0, 0.1) is 0 Å². The maximum Gasteiger partial charge on any atom is 0.420 e. The lowest BCUT2D eigenvalue weighted by molar-refractivity contribution is -0.176. The van der Waals surface area contributed by atoms with Gasteiger partial charge in [0.2, 0.25) is 0 Å². The Morgan fingerprint density at radius 1 is 0.391 bits per heavy atom. The first-order chi connectivity index (χ1) is 9.97. The molecular weight excluding hydrogens is 362 g/mol. The van der Waals surface area contributed by atoms with Crippen molar-refractivity contribution in [1.29, 1.82) is 0 Å². The molecule has 2 aliphatic heterocycles. The number of fused-ring (bicyclic) bond motifs is 2. The summed E-state index contributed by atoms with van der Waals surface area (Å²) in [5.74, 6) is 0. The van der Waals surface area contributed by atoms with Crippen molar-refractivity contribution >= 4 is 11.4 Å². The third kappa shape index (κ3) is 2.65. The van der Waals surface area contributed by atoms with E-state index in [2.05, 4.69) is 0 Å². The van der Waals surface area contributed by atoms with Crippen molar-refractivity contribution in [2.45, 2.75) is 24.7 Å². The second kappa shape index (κ2) is 4.38. The van der Waals surface area contributed by atoms with Gasteiger partial charge in [-0.05, 0) is 0 Å². The third-order valence-electron chi connectivity index (χ3n) is 2.88. The van der Waals surface area contributed by atoms with Crippen LogP contribution in [0.25, 0.3) is 0 Å². The Kier molecular flexibility index (Phi) is 3.34. The number of nitrogens with one attached hydrogen (secondary N) is 1. The van der Waals surface area contributed by atoms with Crippen molar-refractivity contribution in [3.05, 3.63) is 22.3 Å². The summed E-state index contributed by atoms with van der Waals surface area (Å²) in [6, 6.07) is 0. The van der Waals surface area contributed by atoms with E-state index in [1.54, 1.807) is 0 Å². The predicted octanol–water partition coefficient (Wildman–Crippen LogP) is 5.82. The first-order valence-corrected chi connectivity index (χ1v) is 5.27. The molecular formula is C10HF12N. The molecule has 130 valence electrons. The van der Waals surface area contributed by atoms with Crippen LogP contribution in [-0.4, -0.2) is 0 Å². The average Bonchev–Trinajstić information content (AvgIpc) is 2.20. The van der Waals surface area contributed by atoms with E-state index in [1.807, 2.05) is 0 Å². The standard InChI is InChI=1S/C10HF12N/c11-7(12,13)1-2(8(14,15)16)5-4(10(20,21)22)6(23-5)3(1)9(17,18)19/h23H. The van der Waals surface area contributed by atoms with Crippen LogP contribution in [-0.2, 0) is 24.7 Å². The highest BCUT2D eigenvalue weighted by atomic mass is 19.4. The van der Waals surface area contributed by atoms with Gasteiger partial charge < -0.3 is 5.32 Å². The van der Waals surface area contributed by atoms with Crippen molar-refractivity contribution in [3.63, 3.8) is 0 Å². The smallest absolute Gasteiger partial charge is 0.353 e. The van der Waals surface area contributed by atoms with E-state index in [-0.39, 0.29) is 0 Å². The predicted molar refractivity (Wildman–Crippen MR) is 49.7 cm³/mol. The minimum absolute atomic E-state index is 1.09. The molecule has 0 aromatic heterocycles. The summed E-state index contributed by atoms with van der Waals surface area (Å²) in [7, 11) is 0. The monoisotopic (exact) mass is 363 g/mol. The molecule has 0 saturated carbocycles. The molecule has 0 fully saturated rings. The molecule has 2 bridgehead atoms. The van der Waals surface area contributed by atoms with E-state index >= 15 is 0 Å². The zero-order chi connectivity index (χ0) is 18.2. The maximum absolute atomic E-state index is 12.7. The lowest BCUT2D eigenvalue weighted by Crippen LogP contribution is -2.33. The first-order valence-electron chi connectivity index (χ1n) is 5.27.